The summed E-state index contributed by atoms with van der Waals surface area (Å²) in [6.45, 7) is 2.04. The highest BCUT2D eigenvalue weighted by Crippen LogP contribution is 2.18. The standard InChI is InChI=1S/C23H21N7/c1-17-10-8-9-11-18(17)16-24-30-23-28-21(25-19-12-4-2-5-13-19)27-22(29-23)26-20-14-6-3-7-15-20/h2-16H,1H3,(H3,25,26,27,28,29,30)/b24-16+. The maximum absolute atomic E-state index is 4.47. The molecule has 0 aliphatic rings. The van der Waals surface area contributed by atoms with Gasteiger partial charge < -0.3 is 10.6 Å². The van der Waals surface area contributed by atoms with Crippen LogP contribution in [0.2, 0.25) is 0 Å². The van der Waals surface area contributed by atoms with Crippen molar-refractivity contribution in [3.8, 4) is 0 Å². The van der Waals surface area contributed by atoms with Gasteiger partial charge in [0.1, 0.15) is 0 Å². The molecule has 0 atom stereocenters. The van der Waals surface area contributed by atoms with E-state index in [1.165, 1.54) is 0 Å². The zero-order valence-corrected chi connectivity index (χ0v) is 16.4. The van der Waals surface area contributed by atoms with Crippen LogP contribution in [0.25, 0.3) is 0 Å². The van der Waals surface area contributed by atoms with E-state index in [0.717, 1.165) is 22.5 Å². The lowest BCUT2D eigenvalue weighted by Crippen LogP contribution is -2.07. The van der Waals surface area contributed by atoms with Crippen molar-refractivity contribution in [1.29, 1.82) is 0 Å². The summed E-state index contributed by atoms with van der Waals surface area (Å²) >= 11 is 0. The van der Waals surface area contributed by atoms with Crippen molar-refractivity contribution >= 4 is 35.4 Å². The Morgan fingerprint density at radius 3 is 1.70 bits per heavy atom. The third-order valence-electron chi connectivity index (χ3n) is 4.25. The number of aromatic nitrogens is 3. The molecule has 7 heteroatoms. The lowest BCUT2D eigenvalue weighted by molar-refractivity contribution is 1.04. The first-order valence-electron chi connectivity index (χ1n) is 9.51. The maximum Gasteiger partial charge on any atom is 0.250 e. The average Bonchev–Trinajstić information content (AvgIpc) is 2.76. The zero-order chi connectivity index (χ0) is 20.6. The van der Waals surface area contributed by atoms with Crippen LogP contribution in [0.1, 0.15) is 11.1 Å². The molecule has 7 nitrogen and oxygen atoms in total. The van der Waals surface area contributed by atoms with Crippen LogP contribution in [0.15, 0.2) is 90.0 Å². The highest BCUT2D eigenvalue weighted by Gasteiger charge is 2.07. The second-order valence-corrected chi connectivity index (χ2v) is 6.51. The van der Waals surface area contributed by atoms with Gasteiger partial charge >= 0.3 is 0 Å². The monoisotopic (exact) mass is 395 g/mol. The smallest absolute Gasteiger partial charge is 0.250 e. The Balaban J connectivity index is 1.58. The molecule has 0 saturated carbocycles. The number of hydrogen-bond acceptors (Lipinski definition) is 7. The van der Waals surface area contributed by atoms with E-state index in [0.29, 0.717) is 17.8 Å². The molecule has 0 saturated heterocycles. The molecule has 4 rings (SSSR count). The number of nitrogens with one attached hydrogen (secondary N) is 3. The molecule has 0 aliphatic heterocycles. The lowest BCUT2D eigenvalue weighted by Gasteiger charge is -2.10. The van der Waals surface area contributed by atoms with E-state index >= 15 is 0 Å². The Morgan fingerprint density at radius 2 is 1.13 bits per heavy atom. The average molecular weight is 395 g/mol. The first kappa shape index (κ1) is 19.1. The summed E-state index contributed by atoms with van der Waals surface area (Å²) in [6, 6.07) is 27.4. The van der Waals surface area contributed by atoms with Gasteiger partial charge in [0.15, 0.2) is 0 Å². The molecule has 30 heavy (non-hydrogen) atoms. The number of hydrogen-bond donors (Lipinski definition) is 3. The number of rotatable bonds is 7. The third-order valence-corrected chi connectivity index (χ3v) is 4.25. The Labute approximate surface area is 175 Å². The summed E-state index contributed by atoms with van der Waals surface area (Å²) in [5.74, 6) is 1.14. The molecule has 0 spiro atoms. The fraction of sp³-hybridized carbons (Fsp3) is 0.0435. The molecule has 0 amide bonds. The van der Waals surface area contributed by atoms with Gasteiger partial charge in [-0.1, -0.05) is 60.7 Å². The van der Waals surface area contributed by atoms with E-state index in [4.69, 9.17) is 0 Å². The van der Waals surface area contributed by atoms with E-state index in [1.54, 1.807) is 6.21 Å². The van der Waals surface area contributed by atoms with Crippen LogP contribution >= 0.6 is 0 Å². The predicted octanol–water partition coefficient (Wildman–Crippen LogP) is 5.11. The van der Waals surface area contributed by atoms with Gasteiger partial charge in [-0.15, -0.1) is 0 Å². The maximum atomic E-state index is 4.47. The van der Waals surface area contributed by atoms with Crippen molar-refractivity contribution in [3.63, 3.8) is 0 Å². The van der Waals surface area contributed by atoms with Crippen LogP contribution in [0.4, 0.5) is 29.2 Å². The molecule has 0 aliphatic carbocycles. The van der Waals surface area contributed by atoms with Crippen LogP contribution < -0.4 is 16.1 Å². The SMILES string of the molecule is Cc1ccccc1/C=N/Nc1nc(Nc2ccccc2)nc(Nc2ccccc2)n1. The summed E-state index contributed by atoms with van der Waals surface area (Å²) < 4.78 is 0. The number of hydrazone groups is 1. The summed E-state index contributed by atoms with van der Waals surface area (Å²) in [6.07, 6.45) is 1.74. The molecule has 3 aromatic carbocycles. The minimum Gasteiger partial charge on any atom is -0.324 e. The summed E-state index contributed by atoms with van der Waals surface area (Å²) in [4.78, 5) is 13.3. The summed E-state index contributed by atoms with van der Waals surface area (Å²) in [5.41, 5.74) is 6.81. The Hall–Kier alpha value is -4.26. The van der Waals surface area contributed by atoms with Crippen LogP contribution in [0.5, 0.6) is 0 Å². The van der Waals surface area contributed by atoms with Gasteiger partial charge in [0.25, 0.3) is 0 Å². The molecular formula is C23H21N7. The number of anilines is 5. The molecule has 148 valence electrons. The number of aryl methyl sites for hydroxylation is 1. The van der Waals surface area contributed by atoms with Crippen LogP contribution in [0.3, 0.4) is 0 Å². The van der Waals surface area contributed by atoms with Crippen LogP contribution in [0, 0.1) is 6.92 Å². The van der Waals surface area contributed by atoms with Crippen molar-refractivity contribution in [2.75, 3.05) is 16.1 Å². The van der Waals surface area contributed by atoms with Crippen molar-refractivity contribution in [1.82, 2.24) is 15.0 Å². The zero-order valence-electron chi connectivity index (χ0n) is 16.4. The molecule has 1 aromatic heterocycles. The Morgan fingerprint density at radius 1 is 0.633 bits per heavy atom. The van der Waals surface area contributed by atoms with Crippen molar-refractivity contribution in [2.45, 2.75) is 6.92 Å². The van der Waals surface area contributed by atoms with Gasteiger partial charge in [0, 0.05) is 11.4 Å². The topological polar surface area (TPSA) is 87.1 Å². The van der Waals surface area contributed by atoms with E-state index in [9.17, 15) is 0 Å². The molecular weight excluding hydrogens is 374 g/mol. The molecule has 0 radical (unpaired) electrons. The van der Waals surface area contributed by atoms with E-state index in [-0.39, 0.29) is 0 Å². The molecule has 3 N–H and O–H groups in total. The molecule has 4 aromatic rings. The van der Waals surface area contributed by atoms with Crippen molar-refractivity contribution in [2.24, 2.45) is 5.10 Å². The van der Waals surface area contributed by atoms with Crippen molar-refractivity contribution < 1.29 is 0 Å². The second kappa shape index (κ2) is 9.29. The van der Waals surface area contributed by atoms with Gasteiger partial charge in [-0.25, -0.2) is 5.43 Å². The fourth-order valence-corrected chi connectivity index (χ4v) is 2.73. The second-order valence-electron chi connectivity index (χ2n) is 6.51. The molecule has 0 fully saturated rings. The van der Waals surface area contributed by atoms with Gasteiger partial charge in [0.05, 0.1) is 6.21 Å². The Bertz CT molecular complexity index is 1070. The number of para-hydroxylation sites is 2. The van der Waals surface area contributed by atoms with E-state index < -0.39 is 0 Å². The van der Waals surface area contributed by atoms with Gasteiger partial charge in [-0.2, -0.15) is 20.1 Å². The minimum atomic E-state index is 0.326. The lowest BCUT2D eigenvalue weighted by atomic mass is 10.1. The highest BCUT2D eigenvalue weighted by atomic mass is 15.4. The third kappa shape index (κ3) is 5.17. The normalized spacial score (nSPS) is 10.7. The quantitative estimate of drug-likeness (QED) is 0.298. The number of nitrogens with zero attached hydrogens (tertiary/aromatic N) is 4. The molecule has 1 heterocycles. The van der Waals surface area contributed by atoms with Crippen LogP contribution in [-0.4, -0.2) is 21.2 Å². The largest absolute Gasteiger partial charge is 0.324 e. The fourth-order valence-electron chi connectivity index (χ4n) is 2.73. The molecule has 0 unspecified atom stereocenters. The minimum absolute atomic E-state index is 0.326. The van der Waals surface area contributed by atoms with Crippen molar-refractivity contribution in [3.05, 3.63) is 96.1 Å². The number of benzene rings is 3. The van der Waals surface area contributed by atoms with E-state index in [2.05, 4.69) is 36.1 Å². The highest BCUT2D eigenvalue weighted by molar-refractivity contribution is 5.82. The van der Waals surface area contributed by atoms with Gasteiger partial charge in [-0.05, 0) is 42.3 Å². The first-order valence-corrected chi connectivity index (χ1v) is 9.51. The van der Waals surface area contributed by atoms with E-state index in [1.807, 2.05) is 91.9 Å². The van der Waals surface area contributed by atoms with Crippen LogP contribution in [-0.2, 0) is 0 Å². The Kier molecular flexibility index (Phi) is 5.91. The van der Waals surface area contributed by atoms with Gasteiger partial charge in [0.2, 0.25) is 17.8 Å². The summed E-state index contributed by atoms with van der Waals surface area (Å²) in [7, 11) is 0. The summed E-state index contributed by atoms with van der Waals surface area (Å²) in [5, 5.41) is 10.7. The first-order chi connectivity index (χ1) is 14.8. The molecule has 0 bridgehead atoms. The van der Waals surface area contributed by atoms with Gasteiger partial charge in [-0.3, -0.25) is 0 Å². The predicted molar refractivity (Wildman–Crippen MR) is 122 cm³/mol.